The average molecular weight is 358 g/mol. The Bertz CT molecular complexity index is 691. The Balaban J connectivity index is 1.84. The zero-order valence-electron chi connectivity index (χ0n) is 15.5. The summed E-state index contributed by atoms with van der Waals surface area (Å²) >= 11 is 0. The Morgan fingerprint density at radius 1 is 1.35 bits per heavy atom. The van der Waals surface area contributed by atoms with Gasteiger partial charge in [-0.1, -0.05) is 13.8 Å². The van der Waals surface area contributed by atoms with Crippen LogP contribution < -0.4 is 5.32 Å². The molecule has 7 nitrogen and oxygen atoms in total. The molecule has 0 bridgehead atoms. The van der Waals surface area contributed by atoms with Gasteiger partial charge in [-0.25, -0.2) is 0 Å². The summed E-state index contributed by atoms with van der Waals surface area (Å²) in [6.45, 7) is 6.60. The van der Waals surface area contributed by atoms with Gasteiger partial charge in [0.05, 0.1) is 11.6 Å². The molecule has 2 fully saturated rings. The van der Waals surface area contributed by atoms with E-state index in [2.05, 4.69) is 24.1 Å². The largest absolute Gasteiger partial charge is 0.352 e. The van der Waals surface area contributed by atoms with Crippen LogP contribution in [0, 0.1) is 5.92 Å². The molecule has 1 aromatic heterocycles. The minimum atomic E-state index is -0.463. The van der Waals surface area contributed by atoms with E-state index in [0.717, 1.165) is 0 Å². The molecule has 1 N–H and O–H groups in total. The maximum Gasteiger partial charge on any atom is 0.256 e. The van der Waals surface area contributed by atoms with Crippen LogP contribution in [0.5, 0.6) is 0 Å². The van der Waals surface area contributed by atoms with Crippen molar-refractivity contribution in [3.63, 3.8) is 0 Å². The van der Waals surface area contributed by atoms with E-state index >= 15 is 0 Å². The van der Waals surface area contributed by atoms with Crippen molar-refractivity contribution < 1.29 is 14.4 Å². The first kappa shape index (κ1) is 18.4. The molecule has 7 heteroatoms. The van der Waals surface area contributed by atoms with Crippen molar-refractivity contribution >= 4 is 17.7 Å². The standard InChI is InChI=1S/C19H26N4O3/c1-12(2)7-17-19(26)22-10-15(21-13(3)24)8-16(22)11-23(17)18(25)14-5-4-6-20-9-14/h4-6,9,12,15-17H,7-8,10-11H2,1-3H3,(H,21,24). The number of fused-ring (bicyclic) bond motifs is 1. The van der Waals surface area contributed by atoms with Crippen molar-refractivity contribution in [1.82, 2.24) is 20.1 Å². The van der Waals surface area contributed by atoms with Gasteiger partial charge in [-0.15, -0.1) is 0 Å². The number of nitrogens with zero attached hydrogens (tertiary/aromatic N) is 3. The highest BCUT2D eigenvalue weighted by atomic mass is 16.2. The number of nitrogens with one attached hydrogen (secondary N) is 1. The minimum Gasteiger partial charge on any atom is -0.352 e. The third-order valence-electron chi connectivity index (χ3n) is 5.04. The number of piperazine rings is 1. The fourth-order valence-corrected chi connectivity index (χ4v) is 3.98. The number of aromatic nitrogens is 1. The van der Waals surface area contributed by atoms with Gasteiger partial charge in [-0.05, 0) is 30.9 Å². The van der Waals surface area contributed by atoms with Crippen molar-refractivity contribution in [2.75, 3.05) is 13.1 Å². The molecule has 2 aliphatic heterocycles. The molecule has 0 saturated carbocycles. The molecule has 2 aliphatic rings. The lowest BCUT2D eigenvalue weighted by Crippen LogP contribution is -2.61. The van der Waals surface area contributed by atoms with Crippen LogP contribution in [0.1, 0.15) is 44.0 Å². The topological polar surface area (TPSA) is 82.6 Å². The van der Waals surface area contributed by atoms with Crippen molar-refractivity contribution in [2.24, 2.45) is 5.92 Å². The van der Waals surface area contributed by atoms with E-state index in [1.807, 2.05) is 4.90 Å². The van der Waals surface area contributed by atoms with E-state index < -0.39 is 6.04 Å². The maximum atomic E-state index is 13.1. The van der Waals surface area contributed by atoms with E-state index in [9.17, 15) is 14.4 Å². The average Bonchev–Trinajstić information content (AvgIpc) is 2.99. The van der Waals surface area contributed by atoms with Crippen LogP contribution in [0.3, 0.4) is 0 Å². The lowest BCUT2D eigenvalue weighted by Gasteiger charge is -2.43. The molecule has 1 aromatic rings. The molecular formula is C19H26N4O3. The quantitative estimate of drug-likeness (QED) is 0.872. The highest BCUT2D eigenvalue weighted by Gasteiger charge is 2.47. The zero-order valence-corrected chi connectivity index (χ0v) is 15.5. The summed E-state index contributed by atoms with van der Waals surface area (Å²) in [7, 11) is 0. The number of carbonyl (C=O) groups excluding carboxylic acids is 3. The van der Waals surface area contributed by atoms with Gasteiger partial charge in [0.2, 0.25) is 11.8 Å². The normalized spacial score (nSPS) is 25.4. The van der Waals surface area contributed by atoms with E-state index in [1.165, 1.54) is 6.92 Å². The molecule has 26 heavy (non-hydrogen) atoms. The number of hydrogen-bond acceptors (Lipinski definition) is 4. The van der Waals surface area contributed by atoms with Gasteiger partial charge >= 0.3 is 0 Å². The smallest absolute Gasteiger partial charge is 0.256 e. The van der Waals surface area contributed by atoms with E-state index in [1.54, 1.807) is 29.4 Å². The van der Waals surface area contributed by atoms with Gasteiger partial charge in [0.1, 0.15) is 6.04 Å². The lowest BCUT2D eigenvalue weighted by molar-refractivity contribution is -0.142. The van der Waals surface area contributed by atoms with Gasteiger partial charge in [-0.3, -0.25) is 19.4 Å². The van der Waals surface area contributed by atoms with Crippen LogP contribution in [0.4, 0.5) is 0 Å². The summed E-state index contributed by atoms with van der Waals surface area (Å²) in [6, 6.07) is 2.89. The highest BCUT2D eigenvalue weighted by molar-refractivity contribution is 5.98. The number of hydrogen-bond donors (Lipinski definition) is 1. The summed E-state index contributed by atoms with van der Waals surface area (Å²) in [5.41, 5.74) is 0.499. The first-order valence-electron chi connectivity index (χ1n) is 9.15. The second-order valence-corrected chi connectivity index (χ2v) is 7.62. The van der Waals surface area contributed by atoms with Gasteiger partial charge < -0.3 is 15.1 Å². The van der Waals surface area contributed by atoms with Gasteiger partial charge in [0, 0.05) is 38.4 Å². The Kier molecular flexibility index (Phi) is 5.25. The molecule has 0 aliphatic carbocycles. The highest BCUT2D eigenvalue weighted by Crippen LogP contribution is 2.29. The molecule has 3 amide bonds. The van der Waals surface area contributed by atoms with Crippen LogP contribution in [-0.2, 0) is 9.59 Å². The van der Waals surface area contributed by atoms with E-state index in [0.29, 0.717) is 37.4 Å². The first-order chi connectivity index (χ1) is 12.4. The van der Waals surface area contributed by atoms with Crippen molar-refractivity contribution in [3.05, 3.63) is 30.1 Å². The summed E-state index contributed by atoms with van der Waals surface area (Å²) in [6.07, 6.45) is 4.47. The lowest BCUT2D eigenvalue weighted by atomic mass is 9.96. The first-order valence-corrected chi connectivity index (χ1v) is 9.15. The molecule has 3 atom stereocenters. The van der Waals surface area contributed by atoms with Crippen molar-refractivity contribution in [1.29, 1.82) is 0 Å². The minimum absolute atomic E-state index is 0.0138. The summed E-state index contributed by atoms with van der Waals surface area (Å²) in [5, 5.41) is 2.90. The number of carbonyl (C=O) groups is 3. The van der Waals surface area contributed by atoms with Crippen LogP contribution >= 0.6 is 0 Å². The fourth-order valence-electron chi connectivity index (χ4n) is 3.98. The molecule has 0 radical (unpaired) electrons. The molecule has 2 saturated heterocycles. The molecule has 3 rings (SSSR count). The molecule has 0 spiro atoms. The second kappa shape index (κ2) is 7.43. The van der Waals surface area contributed by atoms with Crippen LogP contribution in [0.2, 0.25) is 0 Å². The Morgan fingerprint density at radius 3 is 2.73 bits per heavy atom. The number of amides is 3. The summed E-state index contributed by atoms with van der Waals surface area (Å²) < 4.78 is 0. The van der Waals surface area contributed by atoms with Gasteiger partial charge in [0.15, 0.2) is 0 Å². The Labute approximate surface area is 153 Å². The van der Waals surface area contributed by atoms with Crippen LogP contribution in [0.25, 0.3) is 0 Å². The SMILES string of the molecule is CC(=O)NC1CC2CN(C(=O)c3cccnc3)C(CC(C)C)C(=O)N2C1. The van der Waals surface area contributed by atoms with Crippen LogP contribution in [0.15, 0.2) is 24.5 Å². The molecule has 3 heterocycles. The summed E-state index contributed by atoms with van der Waals surface area (Å²) in [4.78, 5) is 45.1. The van der Waals surface area contributed by atoms with Gasteiger partial charge in [-0.2, -0.15) is 0 Å². The van der Waals surface area contributed by atoms with Crippen LogP contribution in [-0.4, -0.2) is 63.7 Å². The zero-order chi connectivity index (χ0) is 18.8. The van der Waals surface area contributed by atoms with Crippen molar-refractivity contribution in [2.45, 2.75) is 51.7 Å². The predicted octanol–water partition coefficient (Wildman–Crippen LogP) is 1.06. The maximum absolute atomic E-state index is 13.1. The molecule has 0 aromatic carbocycles. The monoisotopic (exact) mass is 358 g/mol. The Hall–Kier alpha value is -2.44. The van der Waals surface area contributed by atoms with E-state index in [4.69, 9.17) is 0 Å². The second-order valence-electron chi connectivity index (χ2n) is 7.62. The predicted molar refractivity (Wildman–Crippen MR) is 96.2 cm³/mol. The van der Waals surface area contributed by atoms with Gasteiger partial charge in [0.25, 0.3) is 5.91 Å². The Morgan fingerprint density at radius 2 is 2.12 bits per heavy atom. The fraction of sp³-hybridized carbons (Fsp3) is 0.579. The molecule has 140 valence electrons. The third-order valence-corrected chi connectivity index (χ3v) is 5.04. The molecule has 3 unspecified atom stereocenters. The number of pyridine rings is 1. The third kappa shape index (κ3) is 3.71. The van der Waals surface area contributed by atoms with Crippen molar-refractivity contribution in [3.8, 4) is 0 Å². The van der Waals surface area contributed by atoms with E-state index in [-0.39, 0.29) is 29.8 Å². The molecular weight excluding hydrogens is 332 g/mol. The summed E-state index contributed by atoms with van der Waals surface area (Å²) in [5.74, 6) is 0.0301. The number of rotatable bonds is 4.